The molecule has 0 saturated heterocycles. The molecular weight excluding hydrogens is 333 g/mol. The minimum atomic E-state index is -0.320. The van der Waals surface area contributed by atoms with Crippen molar-refractivity contribution in [3.8, 4) is 11.3 Å². The van der Waals surface area contributed by atoms with E-state index in [0.29, 0.717) is 10.0 Å². The molecule has 2 heterocycles. The monoisotopic (exact) mass is 345 g/mol. The van der Waals surface area contributed by atoms with E-state index in [0.717, 1.165) is 23.0 Å². The molecule has 0 unspecified atom stereocenters. The number of amides is 1. The molecule has 2 aromatic heterocycles. The second kappa shape index (κ2) is 7.34. The van der Waals surface area contributed by atoms with Crippen molar-refractivity contribution in [2.24, 2.45) is 0 Å². The highest BCUT2D eigenvalue weighted by Gasteiger charge is 2.10. The van der Waals surface area contributed by atoms with Crippen LogP contribution in [0.2, 0.25) is 0 Å². The average Bonchev–Trinajstić information content (AvgIpc) is 3.03. The van der Waals surface area contributed by atoms with Crippen LogP contribution in [0, 0.1) is 5.82 Å². The SMILES string of the molecule is O=C(CSc1ccccc1F)Nc1nc(-c2ccncc2)cs1. The second-order valence-electron chi connectivity index (χ2n) is 4.54. The lowest BCUT2D eigenvalue weighted by atomic mass is 10.2. The Bertz CT molecular complexity index is 808. The zero-order valence-electron chi connectivity index (χ0n) is 11.9. The quantitative estimate of drug-likeness (QED) is 0.708. The summed E-state index contributed by atoms with van der Waals surface area (Å²) < 4.78 is 13.5. The number of carbonyl (C=O) groups is 1. The highest BCUT2D eigenvalue weighted by Crippen LogP contribution is 2.25. The van der Waals surface area contributed by atoms with Crippen molar-refractivity contribution >= 4 is 34.1 Å². The summed E-state index contributed by atoms with van der Waals surface area (Å²) in [6, 6.07) is 10.1. The Hall–Kier alpha value is -2.25. The van der Waals surface area contributed by atoms with E-state index in [1.165, 1.54) is 17.4 Å². The first kappa shape index (κ1) is 15.6. The zero-order chi connectivity index (χ0) is 16.1. The number of hydrogen-bond acceptors (Lipinski definition) is 5. The van der Waals surface area contributed by atoms with Crippen molar-refractivity contribution in [1.82, 2.24) is 9.97 Å². The Morgan fingerprint density at radius 3 is 2.78 bits per heavy atom. The smallest absolute Gasteiger partial charge is 0.236 e. The van der Waals surface area contributed by atoms with Crippen LogP contribution in [0.1, 0.15) is 0 Å². The fraction of sp³-hybridized carbons (Fsp3) is 0.0625. The van der Waals surface area contributed by atoms with E-state index in [2.05, 4.69) is 15.3 Å². The fourth-order valence-corrected chi connectivity index (χ4v) is 3.32. The highest BCUT2D eigenvalue weighted by atomic mass is 32.2. The number of hydrogen-bond donors (Lipinski definition) is 1. The number of thioether (sulfide) groups is 1. The maximum atomic E-state index is 13.5. The van der Waals surface area contributed by atoms with Crippen molar-refractivity contribution in [2.75, 3.05) is 11.1 Å². The summed E-state index contributed by atoms with van der Waals surface area (Å²) >= 11 is 2.51. The molecule has 0 bridgehead atoms. The average molecular weight is 345 g/mol. The van der Waals surface area contributed by atoms with Gasteiger partial charge in [-0.1, -0.05) is 12.1 Å². The van der Waals surface area contributed by atoms with Gasteiger partial charge in [0.15, 0.2) is 5.13 Å². The predicted molar refractivity (Wildman–Crippen MR) is 91.1 cm³/mol. The Kier molecular flexibility index (Phi) is 4.99. The van der Waals surface area contributed by atoms with E-state index in [9.17, 15) is 9.18 Å². The van der Waals surface area contributed by atoms with Gasteiger partial charge in [0.2, 0.25) is 5.91 Å². The summed E-state index contributed by atoms with van der Waals surface area (Å²) in [5, 5.41) is 5.13. The molecular formula is C16H12FN3OS2. The van der Waals surface area contributed by atoms with Crippen LogP contribution in [0.5, 0.6) is 0 Å². The van der Waals surface area contributed by atoms with Gasteiger partial charge < -0.3 is 5.32 Å². The lowest BCUT2D eigenvalue weighted by molar-refractivity contribution is -0.113. The number of anilines is 1. The van der Waals surface area contributed by atoms with Crippen LogP contribution < -0.4 is 5.32 Å². The summed E-state index contributed by atoms with van der Waals surface area (Å²) in [6.45, 7) is 0. The summed E-state index contributed by atoms with van der Waals surface area (Å²) in [5.74, 6) is -0.404. The van der Waals surface area contributed by atoms with Gasteiger partial charge in [-0.25, -0.2) is 9.37 Å². The van der Waals surface area contributed by atoms with Gasteiger partial charge in [-0.05, 0) is 24.3 Å². The molecule has 3 rings (SSSR count). The minimum absolute atomic E-state index is 0.130. The largest absolute Gasteiger partial charge is 0.301 e. The molecule has 0 saturated carbocycles. The maximum Gasteiger partial charge on any atom is 0.236 e. The highest BCUT2D eigenvalue weighted by molar-refractivity contribution is 8.00. The van der Waals surface area contributed by atoms with Gasteiger partial charge in [0.05, 0.1) is 11.4 Å². The maximum absolute atomic E-state index is 13.5. The number of rotatable bonds is 5. The first-order chi connectivity index (χ1) is 11.2. The van der Waals surface area contributed by atoms with Gasteiger partial charge >= 0.3 is 0 Å². The molecule has 1 N–H and O–H groups in total. The molecule has 0 aliphatic carbocycles. The van der Waals surface area contributed by atoms with Crippen molar-refractivity contribution < 1.29 is 9.18 Å². The standard InChI is InChI=1S/C16H12FN3OS2/c17-12-3-1-2-4-14(12)22-10-15(21)20-16-19-13(9-23-16)11-5-7-18-8-6-11/h1-9H,10H2,(H,19,20,21). The van der Waals surface area contributed by atoms with Crippen molar-refractivity contribution in [3.05, 3.63) is 60.0 Å². The molecule has 23 heavy (non-hydrogen) atoms. The van der Waals surface area contributed by atoms with E-state index in [-0.39, 0.29) is 17.5 Å². The van der Waals surface area contributed by atoms with Crippen LogP contribution in [0.4, 0.5) is 9.52 Å². The van der Waals surface area contributed by atoms with Crippen LogP contribution >= 0.6 is 23.1 Å². The molecule has 0 radical (unpaired) electrons. The van der Waals surface area contributed by atoms with Crippen LogP contribution in [-0.2, 0) is 4.79 Å². The Labute approximate surface area is 140 Å². The van der Waals surface area contributed by atoms with Gasteiger partial charge in [-0.15, -0.1) is 23.1 Å². The van der Waals surface area contributed by atoms with Crippen LogP contribution in [0.25, 0.3) is 11.3 Å². The molecule has 0 fully saturated rings. The van der Waals surface area contributed by atoms with Gasteiger partial charge in [0.25, 0.3) is 0 Å². The van der Waals surface area contributed by atoms with Crippen molar-refractivity contribution in [1.29, 1.82) is 0 Å². The fourth-order valence-electron chi connectivity index (χ4n) is 1.85. The third kappa shape index (κ3) is 4.14. The molecule has 116 valence electrons. The first-order valence-electron chi connectivity index (χ1n) is 6.75. The summed E-state index contributed by atoms with van der Waals surface area (Å²) in [6.07, 6.45) is 3.38. The van der Waals surface area contributed by atoms with Gasteiger partial charge in [-0.2, -0.15) is 0 Å². The van der Waals surface area contributed by atoms with Gasteiger partial charge in [-0.3, -0.25) is 9.78 Å². The minimum Gasteiger partial charge on any atom is -0.301 e. The molecule has 3 aromatic rings. The summed E-state index contributed by atoms with van der Waals surface area (Å²) in [4.78, 5) is 20.7. The molecule has 4 nitrogen and oxygen atoms in total. The molecule has 0 aliphatic heterocycles. The summed E-state index contributed by atoms with van der Waals surface area (Å²) in [5.41, 5.74) is 1.73. The number of halogens is 1. The molecule has 1 amide bonds. The number of nitrogens with one attached hydrogen (secondary N) is 1. The number of benzene rings is 1. The van der Waals surface area contributed by atoms with Crippen LogP contribution in [0.15, 0.2) is 59.1 Å². The molecule has 0 atom stereocenters. The Balaban J connectivity index is 1.58. The van der Waals surface area contributed by atoms with E-state index in [1.54, 1.807) is 30.6 Å². The Morgan fingerprint density at radius 2 is 2.00 bits per heavy atom. The van der Waals surface area contributed by atoms with Crippen LogP contribution in [-0.4, -0.2) is 21.6 Å². The van der Waals surface area contributed by atoms with Gasteiger partial charge in [0.1, 0.15) is 5.82 Å². The lowest BCUT2D eigenvalue weighted by Crippen LogP contribution is -2.13. The van der Waals surface area contributed by atoms with E-state index in [1.807, 2.05) is 17.5 Å². The third-order valence-electron chi connectivity index (χ3n) is 2.92. The molecule has 0 aliphatic rings. The zero-order valence-corrected chi connectivity index (χ0v) is 13.5. The number of nitrogens with zero attached hydrogens (tertiary/aromatic N) is 2. The second-order valence-corrected chi connectivity index (χ2v) is 6.42. The van der Waals surface area contributed by atoms with Gasteiger partial charge in [0, 0.05) is 28.2 Å². The molecule has 7 heteroatoms. The summed E-state index contributed by atoms with van der Waals surface area (Å²) in [7, 11) is 0. The number of pyridine rings is 1. The lowest BCUT2D eigenvalue weighted by Gasteiger charge is -2.03. The van der Waals surface area contributed by atoms with E-state index in [4.69, 9.17) is 0 Å². The normalized spacial score (nSPS) is 10.5. The molecule has 1 aromatic carbocycles. The predicted octanol–water partition coefficient (Wildman–Crippen LogP) is 4.08. The first-order valence-corrected chi connectivity index (χ1v) is 8.62. The van der Waals surface area contributed by atoms with E-state index < -0.39 is 0 Å². The number of thiazole rings is 1. The topological polar surface area (TPSA) is 54.9 Å². The molecule has 0 spiro atoms. The van der Waals surface area contributed by atoms with Crippen molar-refractivity contribution in [2.45, 2.75) is 4.90 Å². The Morgan fingerprint density at radius 1 is 1.22 bits per heavy atom. The number of carbonyl (C=O) groups excluding carboxylic acids is 1. The van der Waals surface area contributed by atoms with Crippen LogP contribution in [0.3, 0.4) is 0 Å². The van der Waals surface area contributed by atoms with E-state index >= 15 is 0 Å². The third-order valence-corrected chi connectivity index (χ3v) is 4.73. The van der Waals surface area contributed by atoms with Crippen molar-refractivity contribution in [3.63, 3.8) is 0 Å². The number of aromatic nitrogens is 2.